The van der Waals surface area contributed by atoms with E-state index in [0.29, 0.717) is 5.56 Å². The minimum atomic E-state index is -1.18. The zero-order valence-electron chi connectivity index (χ0n) is 7.51. The van der Waals surface area contributed by atoms with Crippen molar-refractivity contribution in [1.29, 1.82) is 0 Å². The highest BCUT2D eigenvalue weighted by Gasteiger charge is 2.25. The van der Waals surface area contributed by atoms with Crippen molar-refractivity contribution in [3.8, 4) is 0 Å². The van der Waals surface area contributed by atoms with E-state index in [-0.39, 0.29) is 6.54 Å². The molecule has 0 radical (unpaired) electrons. The molecule has 0 fully saturated rings. The lowest BCUT2D eigenvalue weighted by Crippen LogP contribution is -2.31. The first-order valence-corrected chi connectivity index (χ1v) is 4.19. The lowest BCUT2D eigenvalue weighted by Gasteiger charge is -2.07. The molecule has 1 rings (SSSR count). The van der Waals surface area contributed by atoms with Crippen LogP contribution in [-0.4, -0.2) is 23.4 Å². The number of carbonyl (C=O) groups excluding carboxylic acids is 1. The van der Waals surface area contributed by atoms with Gasteiger partial charge in [0, 0.05) is 12.1 Å². The Kier molecular flexibility index (Phi) is 3.36. The van der Waals surface area contributed by atoms with E-state index >= 15 is 0 Å². The largest absolute Gasteiger partial charge is 0.481 e. The molecule has 14 heavy (non-hydrogen) atoms. The molecule has 1 unspecified atom stereocenters. The van der Waals surface area contributed by atoms with Crippen molar-refractivity contribution in [2.45, 2.75) is 0 Å². The highest BCUT2D eigenvalue weighted by molar-refractivity contribution is 6.08. The molecule has 1 aromatic carbocycles. The van der Waals surface area contributed by atoms with Crippen molar-refractivity contribution >= 4 is 11.8 Å². The smallest absolute Gasteiger partial charge is 0.315 e. The van der Waals surface area contributed by atoms with Crippen LogP contribution in [0.4, 0.5) is 0 Å². The number of ketones is 1. The highest BCUT2D eigenvalue weighted by Crippen LogP contribution is 2.08. The van der Waals surface area contributed by atoms with Gasteiger partial charge in [0.15, 0.2) is 5.78 Å². The first kappa shape index (κ1) is 10.4. The standard InChI is InChI=1S/C10H11NO3/c11-6-8(10(13)14)9(12)7-4-2-1-3-5-7/h1-5,8H,6,11H2,(H,13,14). The fraction of sp³-hybridized carbons (Fsp3) is 0.200. The summed E-state index contributed by atoms with van der Waals surface area (Å²) in [6, 6.07) is 8.28. The van der Waals surface area contributed by atoms with E-state index in [4.69, 9.17) is 10.8 Å². The quantitative estimate of drug-likeness (QED) is 0.540. The van der Waals surface area contributed by atoms with E-state index < -0.39 is 17.7 Å². The molecule has 1 atom stereocenters. The van der Waals surface area contributed by atoms with Crippen LogP contribution in [-0.2, 0) is 4.79 Å². The molecule has 0 aliphatic carbocycles. The predicted octanol–water partition coefficient (Wildman–Crippen LogP) is 0.529. The number of Topliss-reactive ketones (excluding diaryl/α,β-unsaturated/α-hetero) is 1. The SMILES string of the molecule is NCC(C(=O)O)C(=O)c1ccccc1. The van der Waals surface area contributed by atoms with Gasteiger partial charge < -0.3 is 10.8 Å². The molecule has 74 valence electrons. The normalized spacial score (nSPS) is 12.1. The molecular formula is C10H11NO3. The van der Waals surface area contributed by atoms with Crippen molar-refractivity contribution in [2.75, 3.05) is 6.54 Å². The molecular weight excluding hydrogens is 182 g/mol. The third-order valence-corrected chi connectivity index (χ3v) is 1.91. The Hall–Kier alpha value is -1.68. The Morgan fingerprint density at radius 2 is 1.86 bits per heavy atom. The number of carbonyl (C=O) groups is 2. The summed E-state index contributed by atoms with van der Waals surface area (Å²) in [5.74, 6) is -2.76. The van der Waals surface area contributed by atoms with Crippen molar-refractivity contribution < 1.29 is 14.7 Å². The molecule has 3 N–H and O–H groups in total. The van der Waals surface area contributed by atoms with E-state index in [9.17, 15) is 9.59 Å². The average molecular weight is 193 g/mol. The van der Waals surface area contributed by atoms with Crippen LogP contribution in [0, 0.1) is 5.92 Å². The summed E-state index contributed by atoms with van der Waals surface area (Å²) in [5, 5.41) is 8.70. The van der Waals surface area contributed by atoms with Gasteiger partial charge in [-0.3, -0.25) is 9.59 Å². The number of nitrogens with two attached hydrogens (primary N) is 1. The van der Waals surface area contributed by atoms with Crippen LogP contribution in [0.1, 0.15) is 10.4 Å². The van der Waals surface area contributed by atoms with Gasteiger partial charge in [-0.1, -0.05) is 30.3 Å². The molecule has 0 saturated carbocycles. The van der Waals surface area contributed by atoms with Gasteiger partial charge in [0.2, 0.25) is 0 Å². The van der Waals surface area contributed by atoms with E-state index in [2.05, 4.69) is 0 Å². The van der Waals surface area contributed by atoms with Crippen LogP contribution < -0.4 is 5.73 Å². The number of hydrogen-bond donors (Lipinski definition) is 2. The summed E-state index contributed by atoms with van der Waals surface area (Å²) in [4.78, 5) is 22.2. The predicted molar refractivity (Wildman–Crippen MR) is 51.0 cm³/mol. The summed E-state index contributed by atoms with van der Waals surface area (Å²) in [7, 11) is 0. The summed E-state index contributed by atoms with van der Waals surface area (Å²) >= 11 is 0. The van der Waals surface area contributed by atoms with Crippen LogP contribution in [0.3, 0.4) is 0 Å². The minimum absolute atomic E-state index is 0.178. The van der Waals surface area contributed by atoms with Crippen molar-refractivity contribution in [3.63, 3.8) is 0 Å². The maximum atomic E-state index is 11.6. The number of hydrogen-bond acceptors (Lipinski definition) is 3. The maximum absolute atomic E-state index is 11.6. The Morgan fingerprint density at radius 3 is 2.29 bits per heavy atom. The number of carboxylic acid groups (broad SMARTS) is 1. The van der Waals surface area contributed by atoms with Gasteiger partial charge in [0.1, 0.15) is 5.92 Å². The molecule has 0 spiro atoms. The van der Waals surface area contributed by atoms with Gasteiger partial charge in [-0.25, -0.2) is 0 Å². The second-order valence-electron chi connectivity index (χ2n) is 2.86. The summed E-state index contributed by atoms with van der Waals surface area (Å²) in [5.41, 5.74) is 5.59. The monoisotopic (exact) mass is 193 g/mol. The average Bonchev–Trinajstić information content (AvgIpc) is 2.19. The number of aliphatic carboxylic acids is 1. The second kappa shape index (κ2) is 4.53. The van der Waals surface area contributed by atoms with E-state index in [1.807, 2.05) is 0 Å². The third-order valence-electron chi connectivity index (χ3n) is 1.91. The zero-order chi connectivity index (χ0) is 10.6. The molecule has 0 heterocycles. The highest BCUT2D eigenvalue weighted by atomic mass is 16.4. The van der Waals surface area contributed by atoms with Crippen LogP contribution in [0.15, 0.2) is 30.3 Å². The van der Waals surface area contributed by atoms with Gasteiger partial charge >= 0.3 is 5.97 Å². The van der Waals surface area contributed by atoms with E-state index in [1.54, 1.807) is 30.3 Å². The van der Waals surface area contributed by atoms with Crippen molar-refractivity contribution in [2.24, 2.45) is 11.7 Å². The fourth-order valence-electron chi connectivity index (χ4n) is 1.12. The van der Waals surface area contributed by atoms with Crippen LogP contribution in [0.5, 0.6) is 0 Å². The van der Waals surface area contributed by atoms with Crippen LogP contribution >= 0.6 is 0 Å². The van der Waals surface area contributed by atoms with Crippen LogP contribution in [0.25, 0.3) is 0 Å². The third kappa shape index (κ3) is 2.17. The van der Waals surface area contributed by atoms with Crippen molar-refractivity contribution in [1.82, 2.24) is 0 Å². The van der Waals surface area contributed by atoms with Gasteiger partial charge in [0.25, 0.3) is 0 Å². The Labute approximate surface area is 81.3 Å². The van der Waals surface area contributed by atoms with Crippen LogP contribution in [0.2, 0.25) is 0 Å². The molecule has 0 amide bonds. The first-order chi connectivity index (χ1) is 6.66. The zero-order valence-corrected chi connectivity index (χ0v) is 7.51. The molecule has 0 aromatic heterocycles. The molecule has 4 heteroatoms. The number of rotatable bonds is 4. The van der Waals surface area contributed by atoms with Gasteiger partial charge in [-0.2, -0.15) is 0 Å². The van der Waals surface area contributed by atoms with Gasteiger partial charge in [-0.05, 0) is 0 Å². The Morgan fingerprint density at radius 1 is 1.29 bits per heavy atom. The lowest BCUT2D eigenvalue weighted by molar-refractivity contribution is -0.139. The molecule has 1 aromatic rings. The van der Waals surface area contributed by atoms with Gasteiger partial charge in [0.05, 0.1) is 0 Å². The fourth-order valence-corrected chi connectivity index (χ4v) is 1.12. The Balaban J connectivity index is 2.89. The maximum Gasteiger partial charge on any atom is 0.315 e. The van der Waals surface area contributed by atoms with Crippen molar-refractivity contribution in [3.05, 3.63) is 35.9 Å². The molecule has 0 bridgehead atoms. The van der Waals surface area contributed by atoms with E-state index in [1.165, 1.54) is 0 Å². The molecule has 0 aliphatic rings. The lowest BCUT2D eigenvalue weighted by atomic mass is 9.98. The molecule has 4 nitrogen and oxygen atoms in total. The Bertz CT molecular complexity index is 334. The van der Waals surface area contributed by atoms with E-state index in [0.717, 1.165) is 0 Å². The minimum Gasteiger partial charge on any atom is -0.481 e. The number of benzene rings is 1. The topological polar surface area (TPSA) is 80.4 Å². The molecule has 0 aliphatic heterocycles. The van der Waals surface area contributed by atoms with Gasteiger partial charge in [-0.15, -0.1) is 0 Å². The summed E-state index contributed by atoms with van der Waals surface area (Å²) in [6.45, 7) is -0.178. The molecule has 0 saturated heterocycles. The number of carboxylic acids is 1. The first-order valence-electron chi connectivity index (χ1n) is 4.19. The second-order valence-corrected chi connectivity index (χ2v) is 2.86. The summed E-state index contributed by atoms with van der Waals surface area (Å²) < 4.78 is 0. The summed E-state index contributed by atoms with van der Waals surface area (Å²) in [6.07, 6.45) is 0.